The molecule has 1 heterocycles. The van der Waals surface area contributed by atoms with Gasteiger partial charge in [0.2, 0.25) is 0 Å². The van der Waals surface area contributed by atoms with Crippen molar-refractivity contribution < 1.29 is 8.42 Å². The van der Waals surface area contributed by atoms with Gasteiger partial charge in [-0.3, -0.25) is 4.72 Å². The summed E-state index contributed by atoms with van der Waals surface area (Å²) in [5, 5.41) is 7.28. The van der Waals surface area contributed by atoms with Crippen molar-refractivity contribution >= 4 is 21.5 Å². The summed E-state index contributed by atoms with van der Waals surface area (Å²) in [6.45, 7) is 1.96. The highest BCUT2D eigenvalue weighted by Crippen LogP contribution is 2.20. The van der Waals surface area contributed by atoms with Crippen LogP contribution in [0.25, 0.3) is 0 Å². The average molecular weight is 278 g/mol. The number of anilines is 2. The molecule has 2 aromatic rings. The van der Waals surface area contributed by atoms with E-state index in [1.165, 1.54) is 24.4 Å². The van der Waals surface area contributed by atoms with E-state index in [2.05, 4.69) is 14.9 Å². The molecule has 19 heavy (non-hydrogen) atoms. The van der Waals surface area contributed by atoms with E-state index in [1.54, 1.807) is 12.1 Å². The maximum Gasteiger partial charge on any atom is 0.263 e. The lowest BCUT2D eigenvalue weighted by Crippen LogP contribution is -2.14. The maximum atomic E-state index is 12.1. The molecule has 0 saturated heterocycles. The molecule has 0 aliphatic heterocycles. The van der Waals surface area contributed by atoms with E-state index in [0.29, 0.717) is 5.69 Å². The molecular weight excluding hydrogens is 264 g/mol. The van der Waals surface area contributed by atoms with Gasteiger partial charge in [-0.1, -0.05) is 13.0 Å². The maximum absolute atomic E-state index is 12.1. The topological polar surface area (TPSA) is 98.0 Å². The Bertz CT molecular complexity index is 671. The number of aryl methyl sites for hydroxylation is 1. The fourth-order valence-corrected chi connectivity index (χ4v) is 2.65. The van der Waals surface area contributed by atoms with E-state index in [4.69, 9.17) is 5.73 Å². The predicted octanol–water partition coefficient (Wildman–Crippen LogP) is 1.42. The van der Waals surface area contributed by atoms with E-state index >= 15 is 0 Å². The van der Waals surface area contributed by atoms with E-state index in [1.807, 2.05) is 6.92 Å². The number of nitrogens with two attached hydrogens (primary N) is 1. The van der Waals surface area contributed by atoms with E-state index in [0.717, 1.165) is 12.0 Å². The van der Waals surface area contributed by atoms with Crippen LogP contribution in [-0.2, 0) is 16.4 Å². The van der Waals surface area contributed by atoms with Gasteiger partial charge in [-0.2, -0.15) is 5.10 Å². The minimum Gasteiger partial charge on any atom is -0.398 e. The van der Waals surface area contributed by atoms with Crippen molar-refractivity contribution in [2.75, 3.05) is 10.5 Å². The van der Waals surface area contributed by atoms with Gasteiger partial charge in [0.15, 0.2) is 5.82 Å². The summed E-state index contributed by atoms with van der Waals surface area (Å²) >= 11 is 0. The van der Waals surface area contributed by atoms with Crippen molar-refractivity contribution in [2.45, 2.75) is 18.2 Å². The molecule has 2 rings (SSSR count). The summed E-state index contributed by atoms with van der Waals surface area (Å²) in [5.74, 6) is 0.167. The summed E-state index contributed by atoms with van der Waals surface area (Å²) < 4.78 is 26.6. The highest BCUT2D eigenvalue weighted by atomic mass is 32.2. The monoisotopic (exact) mass is 278 g/mol. The van der Waals surface area contributed by atoms with Crippen molar-refractivity contribution in [1.29, 1.82) is 0 Å². The summed E-state index contributed by atoms with van der Waals surface area (Å²) in [6.07, 6.45) is 2.22. The zero-order chi connectivity index (χ0) is 13.9. The predicted molar refractivity (Wildman–Crippen MR) is 73.1 cm³/mol. The quantitative estimate of drug-likeness (QED) is 0.824. The highest BCUT2D eigenvalue weighted by molar-refractivity contribution is 7.92. The zero-order valence-corrected chi connectivity index (χ0v) is 11.2. The molecule has 6 nitrogen and oxygen atoms in total. The van der Waals surface area contributed by atoms with Gasteiger partial charge in [0.1, 0.15) is 0 Å². The first-order valence-corrected chi connectivity index (χ1v) is 7.20. The van der Waals surface area contributed by atoms with Crippen molar-refractivity contribution in [2.24, 2.45) is 0 Å². The zero-order valence-electron chi connectivity index (χ0n) is 10.4. The van der Waals surface area contributed by atoms with Crippen LogP contribution in [0.3, 0.4) is 0 Å². The number of nitrogens with zero attached hydrogens (tertiary/aromatic N) is 2. The Morgan fingerprint density at radius 3 is 2.68 bits per heavy atom. The minimum absolute atomic E-state index is 0.104. The van der Waals surface area contributed by atoms with Crippen LogP contribution in [0.4, 0.5) is 11.5 Å². The summed E-state index contributed by atoms with van der Waals surface area (Å²) in [6, 6.07) is 7.79. The lowest BCUT2D eigenvalue weighted by molar-refractivity contribution is 0.601. The Labute approximate surface area is 111 Å². The van der Waals surface area contributed by atoms with Gasteiger partial charge in [0.25, 0.3) is 10.0 Å². The Kier molecular flexibility index (Phi) is 3.66. The smallest absolute Gasteiger partial charge is 0.263 e. The standard InChI is InChI=1S/C12H14N4O2S/c1-2-9-5-6-10(8-11(9)13)19(17,18)16-12-4-3-7-14-15-12/h3-8H,2,13H2,1H3,(H,15,16). The number of hydrogen-bond donors (Lipinski definition) is 2. The van der Waals surface area contributed by atoms with Crippen LogP contribution in [0.5, 0.6) is 0 Å². The lowest BCUT2D eigenvalue weighted by Gasteiger charge is -2.09. The summed E-state index contributed by atoms with van der Waals surface area (Å²) in [4.78, 5) is 0.104. The molecule has 100 valence electrons. The van der Waals surface area contributed by atoms with Gasteiger partial charge in [-0.15, -0.1) is 5.10 Å². The van der Waals surface area contributed by atoms with Crippen LogP contribution in [0, 0.1) is 0 Å². The molecule has 0 bridgehead atoms. The Hall–Kier alpha value is -2.15. The third kappa shape index (κ3) is 3.00. The van der Waals surface area contributed by atoms with Gasteiger partial charge in [-0.25, -0.2) is 8.42 Å². The van der Waals surface area contributed by atoms with Crippen molar-refractivity contribution in [3.05, 3.63) is 42.1 Å². The number of hydrogen-bond acceptors (Lipinski definition) is 5. The first-order valence-electron chi connectivity index (χ1n) is 5.72. The van der Waals surface area contributed by atoms with Gasteiger partial charge < -0.3 is 5.73 Å². The third-order valence-corrected chi connectivity index (χ3v) is 3.97. The molecule has 0 saturated carbocycles. The molecule has 1 aromatic heterocycles. The van der Waals surface area contributed by atoms with Gasteiger partial charge in [-0.05, 0) is 36.2 Å². The molecule has 7 heteroatoms. The van der Waals surface area contributed by atoms with Crippen LogP contribution in [-0.4, -0.2) is 18.6 Å². The number of aromatic nitrogens is 2. The fraction of sp³-hybridized carbons (Fsp3) is 0.167. The largest absolute Gasteiger partial charge is 0.398 e. The van der Waals surface area contributed by atoms with Gasteiger partial charge in [0, 0.05) is 11.9 Å². The fourth-order valence-electron chi connectivity index (χ4n) is 1.61. The number of rotatable bonds is 4. The second kappa shape index (κ2) is 5.23. The second-order valence-electron chi connectivity index (χ2n) is 3.93. The summed E-state index contributed by atoms with van der Waals surface area (Å²) in [5.41, 5.74) is 7.18. The second-order valence-corrected chi connectivity index (χ2v) is 5.61. The first kappa shape index (κ1) is 13.3. The highest BCUT2D eigenvalue weighted by Gasteiger charge is 2.15. The molecule has 0 aliphatic carbocycles. The van der Waals surface area contributed by atoms with Crippen molar-refractivity contribution in [1.82, 2.24) is 10.2 Å². The number of benzene rings is 1. The Balaban J connectivity index is 2.32. The molecule has 0 unspecified atom stereocenters. The van der Waals surface area contributed by atoms with Crippen LogP contribution < -0.4 is 10.5 Å². The molecule has 0 radical (unpaired) electrons. The molecule has 0 fully saturated rings. The van der Waals surface area contributed by atoms with Crippen LogP contribution in [0.1, 0.15) is 12.5 Å². The average Bonchev–Trinajstić information content (AvgIpc) is 2.39. The molecule has 3 N–H and O–H groups in total. The third-order valence-electron chi connectivity index (χ3n) is 2.62. The van der Waals surface area contributed by atoms with E-state index < -0.39 is 10.0 Å². The van der Waals surface area contributed by atoms with Crippen molar-refractivity contribution in [3.63, 3.8) is 0 Å². The molecule has 1 aromatic carbocycles. The van der Waals surface area contributed by atoms with E-state index in [-0.39, 0.29) is 10.7 Å². The summed E-state index contributed by atoms with van der Waals surface area (Å²) in [7, 11) is -3.69. The number of nitrogens with one attached hydrogen (secondary N) is 1. The van der Waals surface area contributed by atoms with Gasteiger partial charge in [0.05, 0.1) is 4.90 Å². The lowest BCUT2D eigenvalue weighted by atomic mass is 10.1. The molecule has 0 atom stereocenters. The molecule has 0 aliphatic rings. The normalized spacial score (nSPS) is 11.2. The van der Waals surface area contributed by atoms with Crippen LogP contribution in [0.2, 0.25) is 0 Å². The first-order chi connectivity index (χ1) is 9.03. The molecule has 0 amide bonds. The van der Waals surface area contributed by atoms with E-state index in [9.17, 15) is 8.42 Å². The molecule has 0 spiro atoms. The number of sulfonamides is 1. The van der Waals surface area contributed by atoms with Crippen LogP contribution >= 0.6 is 0 Å². The number of nitrogen functional groups attached to an aromatic ring is 1. The molecular formula is C12H14N4O2S. The minimum atomic E-state index is -3.69. The van der Waals surface area contributed by atoms with Gasteiger partial charge >= 0.3 is 0 Å². The van der Waals surface area contributed by atoms with Crippen LogP contribution in [0.15, 0.2) is 41.4 Å². The van der Waals surface area contributed by atoms with Crippen molar-refractivity contribution in [3.8, 4) is 0 Å². The Morgan fingerprint density at radius 2 is 2.11 bits per heavy atom. The SMILES string of the molecule is CCc1ccc(S(=O)(=O)Nc2cccnn2)cc1N. The Morgan fingerprint density at radius 1 is 1.32 bits per heavy atom.